The highest BCUT2D eigenvalue weighted by atomic mass is 16.6. The van der Waals surface area contributed by atoms with Crippen molar-refractivity contribution in [3.63, 3.8) is 0 Å². The molecule has 0 aromatic rings. The number of allylic oxidation sites excluding steroid dienone is 1. The zero-order valence-electron chi connectivity index (χ0n) is 21.4. The maximum Gasteiger partial charge on any atom is 0.338 e. The Morgan fingerprint density at radius 1 is 0.972 bits per heavy atom. The van der Waals surface area contributed by atoms with Crippen LogP contribution in [0.4, 0.5) is 0 Å². The number of carbonyl (C=O) groups is 2. The number of hydrogen-bond acceptors (Lipinski definition) is 8. The molecule has 0 amide bonds. The van der Waals surface area contributed by atoms with Gasteiger partial charge in [0.2, 0.25) is 0 Å². The molecule has 2 heterocycles. The van der Waals surface area contributed by atoms with Gasteiger partial charge in [0.1, 0.15) is 23.4 Å². The van der Waals surface area contributed by atoms with Gasteiger partial charge in [-0.3, -0.25) is 4.79 Å². The number of ketones is 1. The molecule has 0 aromatic carbocycles. The van der Waals surface area contributed by atoms with Gasteiger partial charge >= 0.3 is 5.97 Å². The van der Waals surface area contributed by atoms with E-state index >= 15 is 0 Å². The molecule has 2 bridgehead atoms. The summed E-state index contributed by atoms with van der Waals surface area (Å²) in [7, 11) is 0. The summed E-state index contributed by atoms with van der Waals surface area (Å²) in [6.07, 6.45) is 3.70. The Morgan fingerprint density at radius 2 is 1.69 bits per heavy atom. The number of epoxide rings is 1. The molecule has 0 radical (unpaired) electrons. The molecule has 5 aliphatic carbocycles. The molecule has 2 saturated heterocycles. The van der Waals surface area contributed by atoms with E-state index in [1.54, 1.807) is 6.08 Å². The van der Waals surface area contributed by atoms with Crippen molar-refractivity contribution in [3.8, 4) is 0 Å². The first-order valence-electron chi connectivity index (χ1n) is 13.6. The number of aliphatic hydroxyl groups excluding tert-OH is 2. The van der Waals surface area contributed by atoms with Crippen molar-refractivity contribution in [1.29, 1.82) is 0 Å². The third kappa shape index (κ3) is 2.22. The molecule has 2 aliphatic heterocycles. The molecule has 0 unspecified atom stereocenters. The summed E-state index contributed by atoms with van der Waals surface area (Å²) in [6.45, 7) is 7.38. The highest BCUT2D eigenvalue weighted by molar-refractivity contribution is 5.98. The van der Waals surface area contributed by atoms with Crippen LogP contribution in [0.2, 0.25) is 0 Å². The monoisotopic (exact) mass is 502 g/mol. The fraction of sp³-hybridized carbons (Fsp3) is 0.857. The number of ether oxygens (including phenoxy) is 2. The quantitative estimate of drug-likeness (QED) is 0.311. The normalized spacial score (nSPS) is 64.8. The van der Waals surface area contributed by atoms with Crippen molar-refractivity contribution >= 4 is 11.8 Å². The first-order valence-corrected chi connectivity index (χ1v) is 13.6. The van der Waals surface area contributed by atoms with Gasteiger partial charge in [-0.1, -0.05) is 13.8 Å². The first-order chi connectivity index (χ1) is 16.7. The van der Waals surface area contributed by atoms with Gasteiger partial charge in [-0.15, -0.1) is 0 Å². The highest BCUT2D eigenvalue weighted by Crippen LogP contribution is 2.74. The van der Waals surface area contributed by atoms with Crippen LogP contribution in [0.25, 0.3) is 0 Å². The predicted molar refractivity (Wildman–Crippen MR) is 125 cm³/mol. The number of hydrogen-bond donors (Lipinski definition) is 4. The van der Waals surface area contributed by atoms with Crippen LogP contribution in [0.5, 0.6) is 0 Å². The van der Waals surface area contributed by atoms with Crippen LogP contribution in [0.3, 0.4) is 0 Å². The summed E-state index contributed by atoms with van der Waals surface area (Å²) in [4.78, 5) is 26.0. The molecular formula is C28H38O8. The van der Waals surface area contributed by atoms with E-state index in [-0.39, 0.29) is 29.6 Å². The van der Waals surface area contributed by atoms with Gasteiger partial charge in [0.15, 0.2) is 11.4 Å². The summed E-state index contributed by atoms with van der Waals surface area (Å²) in [5.41, 5.74) is -6.22. The zero-order chi connectivity index (χ0) is 25.8. The lowest BCUT2D eigenvalue weighted by Crippen LogP contribution is -2.65. The number of rotatable bonds is 1. The SMILES string of the molecule is C[C@@]12C[C@@H]([C@@]3(O)[C@H](O)C[C@H]4[C@@H]5C[C@H]6O[C@]67[C@@H](O)C=CC(=O)[C@]7(C)[C@H]5CC[C@@]43C)[C@@H](C1)OC(=O)[C@]2(C)O. The van der Waals surface area contributed by atoms with Crippen molar-refractivity contribution in [3.05, 3.63) is 12.2 Å². The Kier molecular flexibility index (Phi) is 4.26. The molecule has 1 spiro atoms. The number of aliphatic hydroxyl groups is 4. The van der Waals surface area contributed by atoms with Crippen molar-refractivity contribution in [2.75, 3.05) is 0 Å². The molecule has 7 rings (SSSR count). The largest absolute Gasteiger partial charge is 0.460 e. The van der Waals surface area contributed by atoms with Crippen LogP contribution in [-0.2, 0) is 19.1 Å². The topological polar surface area (TPSA) is 137 Å². The Balaban J connectivity index is 1.27. The molecule has 0 aromatic heterocycles. The minimum absolute atomic E-state index is 0.00549. The van der Waals surface area contributed by atoms with Gasteiger partial charge < -0.3 is 29.9 Å². The second kappa shape index (κ2) is 6.45. The van der Waals surface area contributed by atoms with Crippen molar-refractivity contribution < 1.29 is 39.5 Å². The second-order valence-corrected chi connectivity index (χ2v) is 14.0. The lowest BCUT2D eigenvalue weighted by atomic mass is 9.44. The zero-order valence-corrected chi connectivity index (χ0v) is 21.4. The van der Waals surface area contributed by atoms with E-state index in [1.165, 1.54) is 13.0 Å². The Bertz CT molecular complexity index is 1100. The standard InChI is InChI=1S/C28H38O8/c1-23-11-16(17(12-23)35-22(32)26(23,4)33)27(34)20(31)10-15-13-9-21-28(36-21)19(30)6-5-18(29)25(28,3)14(13)7-8-24(15,27)2/h5-6,13-17,19-21,30-31,33-34H,7-12H2,1-4H3/t13-,14+,15+,16-,17-,19+,20-,21-,23-,24+,25+,26+,27-,28-/m1/s1. The van der Waals surface area contributed by atoms with Crippen molar-refractivity contribution in [1.82, 2.24) is 0 Å². The van der Waals surface area contributed by atoms with Crippen LogP contribution in [-0.4, -0.2) is 73.4 Å². The van der Waals surface area contributed by atoms with Crippen LogP contribution in [0, 0.1) is 39.9 Å². The fourth-order valence-electron chi connectivity index (χ4n) is 10.7. The van der Waals surface area contributed by atoms with E-state index in [9.17, 15) is 30.0 Å². The average Bonchev–Trinajstić information content (AvgIpc) is 3.41. The van der Waals surface area contributed by atoms with Gasteiger partial charge in [0, 0.05) is 16.7 Å². The Morgan fingerprint density at radius 3 is 2.42 bits per heavy atom. The third-order valence-electron chi connectivity index (χ3n) is 13.1. The summed E-state index contributed by atoms with van der Waals surface area (Å²) >= 11 is 0. The smallest absolute Gasteiger partial charge is 0.338 e. The second-order valence-electron chi connectivity index (χ2n) is 14.0. The highest BCUT2D eigenvalue weighted by Gasteiger charge is 2.82. The van der Waals surface area contributed by atoms with Crippen LogP contribution < -0.4 is 0 Å². The van der Waals surface area contributed by atoms with Gasteiger partial charge in [0.25, 0.3) is 0 Å². The molecule has 4 N–H and O–H groups in total. The summed E-state index contributed by atoms with van der Waals surface area (Å²) in [5.74, 6) is -1.16. The number of fused-ring (bicyclic) bond motifs is 6. The van der Waals surface area contributed by atoms with Crippen molar-refractivity contribution in [2.24, 2.45) is 39.9 Å². The predicted octanol–water partition coefficient (Wildman–Crippen LogP) is 1.27. The molecule has 7 aliphatic rings. The van der Waals surface area contributed by atoms with E-state index in [0.717, 1.165) is 0 Å². The van der Waals surface area contributed by atoms with E-state index in [2.05, 4.69) is 6.92 Å². The van der Waals surface area contributed by atoms with E-state index in [0.29, 0.717) is 38.5 Å². The van der Waals surface area contributed by atoms with Gasteiger partial charge in [-0.2, -0.15) is 0 Å². The van der Waals surface area contributed by atoms with Crippen LogP contribution in [0.1, 0.15) is 66.2 Å². The molecule has 8 heteroatoms. The summed E-state index contributed by atoms with van der Waals surface area (Å²) in [6, 6.07) is 0. The fourth-order valence-corrected chi connectivity index (χ4v) is 10.7. The van der Waals surface area contributed by atoms with Gasteiger partial charge in [-0.05, 0) is 82.3 Å². The van der Waals surface area contributed by atoms with Gasteiger partial charge in [0.05, 0.1) is 17.6 Å². The summed E-state index contributed by atoms with van der Waals surface area (Å²) in [5, 5.41) is 45.9. The third-order valence-corrected chi connectivity index (χ3v) is 13.1. The molecule has 198 valence electrons. The average molecular weight is 503 g/mol. The minimum atomic E-state index is -1.64. The van der Waals surface area contributed by atoms with E-state index in [4.69, 9.17) is 9.47 Å². The first kappa shape index (κ1) is 23.8. The lowest BCUT2D eigenvalue weighted by Gasteiger charge is -2.59. The number of carbonyl (C=O) groups excluding carboxylic acids is 2. The molecule has 36 heavy (non-hydrogen) atoms. The van der Waals surface area contributed by atoms with Crippen molar-refractivity contribution in [2.45, 2.75) is 107 Å². The molecule has 4 saturated carbocycles. The summed E-state index contributed by atoms with van der Waals surface area (Å²) < 4.78 is 11.9. The maximum absolute atomic E-state index is 13.4. The lowest BCUT2D eigenvalue weighted by molar-refractivity contribution is -0.212. The van der Waals surface area contributed by atoms with Crippen LogP contribution >= 0.6 is 0 Å². The van der Waals surface area contributed by atoms with E-state index < -0.39 is 63.2 Å². The minimum Gasteiger partial charge on any atom is -0.460 e. The molecule has 6 fully saturated rings. The molecule has 8 nitrogen and oxygen atoms in total. The molecule has 14 atom stereocenters. The Hall–Kier alpha value is -1.32. The van der Waals surface area contributed by atoms with E-state index in [1.807, 2.05) is 13.8 Å². The maximum atomic E-state index is 13.4. The van der Waals surface area contributed by atoms with Gasteiger partial charge in [-0.25, -0.2) is 4.79 Å². The number of esters is 1. The Labute approximate surface area is 211 Å². The van der Waals surface area contributed by atoms with Crippen LogP contribution in [0.15, 0.2) is 12.2 Å². The molecular weight excluding hydrogens is 464 g/mol.